The van der Waals surface area contributed by atoms with Crippen LogP contribution in [0, 0.1) is 5.82 Å². The van der Waals surface area contributed by atoms with Gasteiger partial charge >= 0.3 is 0 Å². The number of benzene rings is 2. The van der Waals surface area contributed by atoms with Crippen LogP contribution in [-0.2, 0) is 10.0 Å². The Labute approximate surface area is 166 Å². The summed E-state index contributed by atoms with van der Waals surface area (Å²) in [7, 11) is -1.91. The minimum absolute atomic E-state index is 0.0827. The number of piperazine rings is 1. The maximum absolute atomic E-state index is 12.9. The number of nitrogens with one attached hydrogen (secondary N) is 1. The highest BCUT2D eigenvalue weighted by Crippen LogP contribution is 2.28. The Hall–Kier alpha value is -2.16. The van der Waals surface area contributed by atoms with Crippen molar-refractivity contribution in [3.05, 3.63) is 54.3 Å². The van der Waals surface area contributed by atoms with Crippen LogP contribution in [0.25, 0.3) is 0 Å². The van der Waals surface area contributed by atoms with Gasteiger partial charge in [-0.1, -0.05) is 12.1 Å². The predicted octanol–water partition coefficient (Wildman–Crippen LogP) is 2.32. The maximum atomic E-state index is 12.9. The number of halogens is 1. The summed E-state index contributed by atoms with van der Waals surface area (Å²) in [6.45, 7) is 4.83. The molecule has 1 heterocycles. The monoisotopic (exact) mass is 407 g/mol. The number of para-hydroxylation sites is 2. The average molecular weight is 408 g/mol. The summed E-state index contributed by atoms with van der Waals surface area (Å²) in [4.78, 5) is 4.73. The first-order valence-electron chi connectivity index (χ1n) is 9.35. The second kappa shape index (κ2) is 9.36. The van der Waals surface area contributed by atoms with Gasteiger partial charge in [-0.25, -0.2) is 17.5 Å². The first-order chi connectivity index (χ1) is 13.5. The SMILES string of the molecule is COc1ccccc1N1CCN(CCCNS(=O)(=O)c2ccc(F)cc2)CC1. The van der Waals surface area contributed by atoms with Crippen LogP contribution in [0.1, 0.15) is 6.42 Å². The number of sulfonamides is 1. The van der Waals surface area contributed by atoms with E-state index in [4.69, 9.17) is 4.74 Å². The fraction of sp³-hybridized carbons (Fsp3) is 0.400. The zero-order valence-corrected chi connectivity index (χ0v) is 16.8. The van der Waals surface area contributed by atoms with Crippen molar-refractivity contribution < 1.29 is 17.5 Å². The number of nitrogens with zero attached hydrogens (tertiary/aromatic N) is 2. The summed E-state index contributed by atoms with van der Waals surface area (Å²) >= 11 is 0. The lowest BCUT2D eigenvalue weighted by atomic mass is 10.2. The highest BCUT2D eigenvalue weighted by atomic mass is 32.2. The van der Waals surface area contributed by atoms with Gasteiger partial charge in [0.15, 0.2) is 0 Å². The molecule has 0 saturated carbocycles. The van der Waals surface area contributed by atoms with Crippen molar-refractivity contribution in [2.24, 2.45) is 0 Å². The van der Waals surface area contributed by atoms with Gasteiger partial charge in [0.25, 0.3) is 0 Å². The molecule has 0 aliphatic carbocycles. The van der Waals surface area contributed by atoms with Crippen LogP contribution in [0.5, 0.6) is 5.75 Å². The molecular weight excluding hydrogens is 381 g/mol. The molecule has 1 aliphatic rings. The van der Waals surface area contributed by atoms with Crippen LogP contribution in [0.15, 0.2) is 53.4 Å². The number of rotatable bonds is 8. The lowest BCUT2D eigenvalue weighted by Gasteiger charge is -2.36. The Morgan fingerprint density at radius 3 is 2.39 bits per heavy atom. The summed E-state index contributed by atoms with van der Waals surface area (Å²) in [5, 5.41) is 0. The predicted molar refractivity (Wildman–Crippen MR) is 108 cm³/mol. The number of methoxy groups -OCH3 is 1. The minimum atomic E-state index is -3.59. The molecule has 0 aromatic heterocycles. The van der Waals surface area contributed by atoms with Gasteiger partial charge in [-0.15, -0.1) is 0 Å². The molecule has 0 radical (unpaired) electrons. The first kappa shape index (κ1) is 20.6. The highest BCUT2D eigenvalue weighted by molar-refractivity contribution is 7.89. The van der Waals surface area contributed by atoms with Gasteiger partial charge in [0.1, 0.15) is 11.6 Å². The van der Waals surface area contributed by atoms with E-state index in [1.54, 1.807) is 7.11 Å². The molecule has 0 spiro atoms. The van der Waals surface area contributed by atoms with E-state index in [0.717, 1.165) is 62.7 Å². The Balaban J connectivity index is 1.42. The van der Waals surface area contributed by atoms with Crippen molar-refractivity contribution in [3.63, 3.8) is 0 Å². The Morgan fingerprint density at radius 1 is 1.04 bits per heavy atom. The van der Waals surface area contributed by atoms with Crippen molar-refractivity contribution in [2.45, 2.75) is 11.3 Å². The van der Waals surface area contributed by atoms with Crippen LogP contribution in [0.3, 0.4) is 0 Å². The van der Waals surface area contributed by atoms with Crippen LogP contribution in [0.4, 0.5) is 10.1 Å². The summed E-state index contributed by atoms with van der Waals surface area (Å²) in [5.74, 6) is 0.428. The molecule has 8 heteroatoms. The van der Waals surface area contributed by atoms with Crippen LogP contribution < -0.4 is 14.4 Å². The Kier molecular flexibility index (Phi) is 6.88. The van der Waals surface area contributed by atoms with Gasteiger partial charge in [-0.05, 0) is 49.4 Å². The third-order valence-electron chi connectivity index (χ3n) is 4.87. The highest BCUT2D eigenvalue weighted by Gasteiger charge is 2.19. The Bertz CT molecular complexity index is 867. The van der Waals surface area contributed by atoms with E-state index < -0.39 is 15.8 Å². The summed E-state index contributed by atoms with van der Waals surface area (Å²) in [6.07, 6.45) is 0.717. The zero-order valence-electron chi connectivity index (χ0n) is 16.0. The van der Waals surface area contributed by atoms with Gasteiger partial charge in [-0.2, -0.15) is 0 Å². The molecule has 0 atom stereocenters. The van der Waals surface area contributed by atoms with Crippen LogP contribution in [0.2, 0.25) is 0 Å². The molecule has 2 aromatic carbocycles. The third kappa shape index (κ3) is 5.21. The molecule has 6 nitrogen and oxygen atoms in total. The molecule has 1 saturated heterocycles. The zero-order chi connectivity index (χ0) is 20.0. The van der Waals surface area contributed by atoms with Gasteiger partial charge in [0, 0.05) is 32.7 Å². The fourth-order valence-corrected chi connectivity index (χ4v) is 4.38. The molecular formula is C20H26FN3O3S. The maximum Gasteiger partial charge on any atom is 0.240 e. The van der Waals surface area contributed by atoms with E-state index in [1.807, 2.05) is 18.2 Å². The van der Waals surface area contributed by atoms with Crippen molar-refractivity contribution in [2.75, 3.05) is 51.3 Å². The van der Waals surface area contributed by atoms with E-state index in [-0.39, 0.29) is 4.90 Å². The van der Waals surface area contributed by atoms with E-state index in [0.29, 0.717) is 6.54 Å². The number of ether oxygens (including phenoxy) is 1. The summed E-state index contributed by atoms with van der Waals surface area (Å²) < 4.78 is 45.3. The molecule has 0 unspecified atom stereocenters. The first-order valence-corrected chi connectivity index (χ1v) is 10.8. The van der Waals surface area contributed by atoms with Crippen molar-refractivity contribution in [1.82, 2.24) is 9.62 Å². The van der Waals surface area contributed by atoms with Crippen molar-refractivity contribution in [3.8, 4) is 5.75 Å². The third-order valence-corrected chi connectivity index (χ3v) is 6.34. The molecule has 0 bridgehead atoms. The smallest absolute Gasteiger partial charge is 0.240 e. The van der Waals surface area contributed by atoms with Gasteiger partial charge < -0.3 is 9.64 Å². The topological polar surface area (TPSA) is 61.9 Å². The van der Waals surface area contributed by atoms with Crippen LogP contribution in [-0.4, -0.2) is 59.7 Å². The van der Waals surface area contributed by atoms with Crippen molar-refractivity contribution >= 4 is 15.7 Å². The Morgan fingerprint density at radius 2 is 1.71 bits per heavy atom. The van der Waals surface area contributed by atoms with E-state index in [1.165, 1.54) is 12.1 Å². The largest absolute Gasteiger partial charge is 0.495 e. The van der Waals surface area contributed by atoms with Gasteiger partial charge in [-0.3, -0.25) is 4.90 Å². The van der Waals surface area contributed by atoms with Gasteiger partial charge in [0.2, 0.25) is 10.0 Å². The van der Waals surface area contributed by atoms with Gasteiger partial charge in [0.05, 0.1) is 17.7 Å². The number of anilines is 1. The van der Waals surface area contributed by atoms with E-state index in [9.17, 15) is 12.8 Å². The minimum Gasteiger partial charge on any atom is -0.495 e. The molecule has 152 valence electrons. The lowest BCUT2D eigenvalue weighted by molar-refractivity contribution is 0.254. The molecule has 1 N–H and O–H groups in total. The number of hydrogen-bond acceptors (Lipinski definition) is 5. The van der Waals surface area contributed by atoms with Crippen LogP contribution >= 0.6 is 0 Å². The molecule has 3 rings (SSSR count). The second-order valence-corrected chi connectivity index (χ2v) is 8.47. The summed E-state index contributed by atoms with van der Waals surface area (Å²) in [6, 6.07) is 12.9. The van der Waals surface area contributed by atoms with Crippen molar-refractivity contribution in [1.29, 1.82) is 0 Å². The number of hydrogen-bond donors (Lipinski definition) is 1. The lowest BCUT2D eigenvalue weighted by Crippen LogP contribution is -2.47. The standard InChI is InChI=1S/C20H26FN3O3S/c1-27-20-6-3-2-5-19(20)24-15-13-23(14-16-24)12-4-11-22-28(25,26)18-9-7-17(21)8-10-18/h2-3,5-10,22H,4,11-16H2,1H3. The molecule has 1 fully saturated rings. The molecule has 1 aliphatic heterocycles. The molecule has 28 heavy (non-hydrogen) atoms. The average Bonchev–Trinajstić information content (AvgIpc) is 2.72. The molecule has 2 aromatic rings. The quantitative estimate of drug-likeness (QED) is 0.681. The normalized spacial score (nSPS) is 15.6. The van der Waals surface area contributed by atoms with E-state index >= 15 is 0 Å². The summed E-state index contributed by atoms with van der Waals surface area (Å²) in [5.41, 5.74) is 1.11. The second-order valence-electron chi connectivity index (χ2n) is 6.71. The van der Waals surface area contributed by atoms with E-state index in [2.05, 4.69) is 20.6 Å². The fourth-order valence-electron chi connectivity index (χ4n) is 3.31. The molecule has 0 amide bonds.